The number of carbonyl (C=O) groups excluding carboxylic acids is 1. The number of nitrogens with one attached hydrogen (secondary N) is 1. The number of carbonyl (C=O) groups is 1. The first-order valence-corrected chi connectivity index (χ1v) is 6.35. The standard InChI is InChI=1S/C11H12N2O3S/c1-8-3-4-9(2)10(7-8)17(15,16)13-11(14)5-6-12/h3-4,7H,5H2,1-2H3,(H,13,14). The van der Waals surface area contributed by atoms with Crippen molar-refractivity contribution in [3.8, 4) is 6.07 Å². The van der Waals surface area contributed by atoms with Gasteiger partial charge in [0.05, 0.1) is 11.0 Å². The summed E-state index contributed by atoms with van der Waals surface area (Å²) in [5.74, 6) is -0.826. The molecule has 1 aromatic rings. The summed E-state index contributed by atoms with van der Waals surface area (Å²) in [5, 5.41) is 8.30. The first-order valence-electron chi connectivity index (χ1n) is 4.86. The molecule has 1 N–H and O–H groups in total. The Morgan fingerprint density at radius 2 is 2.06 bits per heavy atom. The first-order chi connectivity index (χ1) is 7.86. The highest BCUT2D eigenvalue weighted by Gasteiger charge is 2.19. The fraction of sp³-hybridized carbons (Fsp3) is 0.273. The van der Waals surface area contributed by atoms with Gasteiger partial charge in [-0.25, -0.2) is 13.1 Å². The molecule has 17 heavy (non-hydrogen) atoms. The molecule has 90 valence electrons. The molecular weight excluding hydrogens is 240 g/mol. The van der Waals surface area contributed by atoms with Gasteiger partial charge in [0.15, 0.2) is 0 Å². The lowest BCUT2D eigenvalue weighted by molar-refractivity contribution is -0.118. The van der Waals surface area contributed by atoms with E-state index in [1.54, 1.807) is 32.0 Å². The summed E-state index contributed by atoms with van der Waals surface area (Å²) in [6, 6.07) is 6.52. The van der Waals surface area contributed by atoms with Crippen LogP contribution in [0.3, 0.4) is 0 Å². The molecule has 0 bridgehead atoms. The molecular formula is C11H12N2O3S. The highest BCUT2D eigenvalue weighted by molar-refractivity contribution is 7.90. The van der Waals surface area contributed by atoms with Gasteiger partial charge in [-0.1, -0.05) is 12.1 Å². The topological polar surface area (TPSA) is 87.0 Å². The van der Waals surface area contributed by atoms with Crippen molar-refractivity contribution in [3.63, 3.8) is 0 Å². The Morgan fingerprint density at radius 1 is 1.41 bits per heavy atom. The fourth-order valence-electron chi connectivity index (χ4n) is 1.31. The molecule has 0 spiro atoms. The summed E-state index contributed by atoms with van der Waals surface area (Å²) in [6.07, 6.45) is -0.482. The Bertz CT molecular complexity index is 585. The van der Waals surface area contributed by atoms with Gasteiger partial charge in [-0.2, -0.15) is 5.26 Å². The molecule has 0 radical (unpaired) electrons. The van der Waals surface area contributed by atoms with Gasteiger partial charge in [0, 0.05) is 0 Å². The van der Waals surface area contributed by atoms with Crippen LogP contribution >= 0.6 is 0 Å². The number of benzene rings is 1. The maximum Gasteiger partial charge on any atom is 0.264 e. The average molecular weight is 252 g/mol. The molecule has 0 aliphatic carbocycles. The Morgan fingerprint density at radius 3 is 2.65 bits per heavy atom. The van der Waals surface area contributed by atoms with Gasteiger partial charge in [-0.15, -0.1) is 0 Å². The number of sulfonamides is 1. The summed E-state index contributed by atoms with van der Waals surface area (Å²) in [5.41, 5.74) is 1.33. The van der Waals surface area contributed by atoms with E-state index in [4.69, 9.17) is 5.26 Å². The van der Waals surface area contributed by atoms with E-state index in [1.165, 1.54) is 6.07 Å². The van der Waals surface area contributed by atoms with Gasteiger partial charge in [0.25, 0.3) is 10.0 Å². The molecule has 0 unspecified atom stereocenters. The van der Waals surface area contributed by atoms with E-state index in [1.807, 2.05) is 4.72 Å². The molecule has 0 atom stereocenters. The van der Waals surface area contributed by atoms with Crippen LogP contribution in [0.1, 0.15) is 17.5 Å². The van der Waals surface area contributed by atoms with Crippen molar-refractivity contribution >= 4 is 15.9 Å². The van der Waals surface area contributed by atoms with Crippen LogP contribution in [0.2, 0.25) is 0 Å². The van der Waals surface area contributed by atoms with Crippen LogP contribution in [-0.4, -0.2) is 14.3 Å². The maximum atomic E-state index is 11.8. The minimum absolute atomic E-state index is 0.0591. The molecule has 6 heteroatoms. The lowest BCUT2D eigenvalue weighted by Crippen LogP contribution is -2.30. The Balaban J connectivity index is 3.10. The number of hydrogen-bond acceptors (Lipinski definition) is 4. The van der Waals surface area contributed by atoms with Crippen LogP contribution in [0.25, 0.3) is 0 Å². The number of aryl methyl sites for hydroxylation is 2. The molecule has 1 rings (SSSR count). The van der Waals surface area contributed by atoms with Crippen molar-refractivity contribution in [2.24, 2.45) is 0 Å². The number of nitriles is 1. The number of nitrogens with zero attached hydrogens (tertiary/aromatic N) is 1. The number of amides is 1. The van der Waals surface area contributed by atoms with Gasteiger partial charge >= 0.3 is 0 Å². The van der Waals surface area contributed by atoms with E-state index >= 15 is 0 Å². The van der Waals surface area contributed by atoms with Crippen LogP contribution in [0.4, 0.5) is 0 Å². The molecule has 5 nitrogen and oxygen atoms in total. The minimum atomic E-state index is -3.89. The molecule has 0 aliphatic heterocycles. The highest BCUT2D eigenvalue weighted by atomic mass is 32.2. The zero-order chi connectivity index (χ0) is 13.1. The predicted molar refractivity (Wildman–Crippen MR) is 61.5 cm³/mol. The van der Waals surface area contributed by atoms with Gasteiger partial charge < -0.3 is 0 Å². The van der Waals surface area contributed by atoms with Crippen molar-refractivity contribution in [3.05, 3.63) is 29.3 Å². The fourth-order valence-corrected chi connectivity index (χ4v) is 2.62. The summed E-state index contributed by atoms with van der Waals surface area (Å²) < 4.78 is 25.6. The van der Waals surface area contributed by atoms with E-state index in [-0.39, 0.29) is 4.90 Å². The van der Waals surface area contributed by atoms with E-state index in [9.17, 15) is 13.2 Å². The number of rotatable bonds is 3. The van der Waals surface area contributed by atoms with Crippen LogP contribution in [0.15, 0.2) is 23.1 Å². The zero-order valence-corrected chi connectivity index (χ0v) is 10.3. The van der Waals surface area contributed by atoms with E-state index in [2.05, 4.69) is 0 Å². The lowest BCUT2D eigenvalue weighted by atomic mass is 10.2. The molecule has 0 saturated carbocycles. The summed E-state index contributed by atoms with van der Waals surface area (Å²) in [6.45, 7) is 3.40. The minimum Gasteiger partial charge on any atom is -0.273 e. The monoisotopic (exact) mass is 252 g/mol. The van der Waals surface area contributed by atoms with Crippen LogP contribution in [-0.2, 0) is 14.8 Å². The quantitative estimate of drug-likeness (QED) is 0.870. The van der Waals surface area contributed by atoms with Crippen molar-refractivity contribution in [1.29, 1.82) is 5.26 Å². The SMILES string of the molecule is Cc1ccc(C)c(S(=O)(=O)NC(=O)CC#N)c1. The molecule has 0 fully saturated rings. The Kier molecular flexibility index (Phi) is 3.86. The smallest absolute Gasteiger partial charge is 0.264 e. The van der Waals surface area contributed by atoms with Crippen molar-refractivity contribution in [1.82, 2.24) is 4.72 Å². The lowest BCUT2D eigenvalue weighted by Gasteiger charge is -2.08. The van der Waals surface area contributed by atoms with E-state index < -0.39 is 22.4 Å². The summed E-state index contributed by atoms with van der Waals surface area (Å²) in [4.78, 5) is 11.2. The summed E-state index contributed by atoms with van der Waals surface area (Å²) in [7, 11) is -3.89. The molecule has 0 heterocycles. The van der Waals surface area contributed by atoms with Crippen molar-refractivity contribution < 1.29 is 13.2 Å². The van der Waals surface area contributed by atoms with E-state index in [0.29, 0.717) is 5.56 Å². The second-order valence-corrected chi connectivity index (χ2v) is 5.28. The second kappa shape index (κ2) is 4.97. The van der Waals surface area contributed by atoms with Gasteiger partial charge in [-0.05, 0) is 31.0 Å². The predicted octanol–water partition coefficient (Wildman–Crippen LogP) is 1.02. The second-order valence-electron chi connectivity index (χ2n) is 3.63. The largest absolute Gasteiger partial charge is 0.273 e. The van der Waals surface area contributed by atoms with Crippen LogP contribution < -0.4 is 4.72 Å². The van der Waals surface area contributed by atoms with Crippen LogP contribution in [0, 0.1) is 25.2 Å². The molecule has 1 aromatic carbocycles. The molecule has 1 amide bonds. The van der Waals surface area contributed by atoms with Crippen LogP contribution in [0.5, 0.6) is 0 Å². The molecule has 0 aromatic heterocycles. The maximum absolute atomic E-state index is 11.8. The van der Waals surface area contributed by atoms with E-state index in [0.717, 1.165) is 5.56 Å². The average Bonchev–Trinajstić information content (AvgIpc) is 2.21. The summed E-state index contributed by atoms with van der Waals surface area (Å²) >= 11 is 0. The third-order valence-corrected chi connectivity index (χ3v) is 3.64. The molecule has 0 aliphatic rings. The third kappa shape index (κ3) is 3.29. The zero-order valence-electron chi connectivity index (χ0n) is 9.52. The van der Waals surface area contributed by atoms with Gasteiger partial charge in [-0.3, -0.25) is 4.79 Å². The normalized spacial score (nSPS) is 10.6. The van der Waals surface area contributed by atoms with Gasteiger partial charge in [0.2, 0.25) is 5.91 Å². The van der Waals surface area contributed by atoms with Gasteiger partial charge in [0.1, 0.15) is 6.42 Å². The third-order valence-electron chi connectivity index (χ3n) is 2.12. The first kappa shape index (κ1) is 13.2. The van der Waals surface area contributed by atoms with Crippen molar-refractivity contribution in [2.45, 2.75) is 25.2 Å². The number of hydrogen-bond donors (Lipinski definition) is 1. The highest BCUT2D eigenvalue weighted by Crippen LogP contribution is 2.16. The molecule has 0 saturated heterocycles. The Labute approximate surface area is 100 Å². The van der Waals surface area contributed by atoms with Crippen molar-refractivity contribution in [2.75, 3.05) is 0 Å². The Hall–Kier alpha value is -1.87.